The van der Waals surface area contributed by atoms with Crippen molar-refractivity contribution < 1.29 is 4.79 Å². The van der Waals surface area contributed by atoms with Crippen molar-refractivity contribution in [2.75, 3.05) is 0 Å². The minimum absolute atomic E-state index is 0.399. The van der Waals surface area contributed by atoms with Gasteiger partial charge in [-0.2, -0.15) is 0 Å². The summed E-state index contributed by atoms with van der Waals surface area (Å²) in [7, 11) is -0.399. The van der Waals surface area contributed by atoms with Crippen LogP contribution in [0.5, 0.6) is 0 Å². The summed E-state index contributed by atoms with van der Waals surface area (Å²) in [5.74, 6) is 0.435. The second kappa shape index (κ2) is 5.67. The van der Waals surface area contributed by atoms with Crippen LogP contribution in [0.2, 0.25) is 0 Å². The molecule has 2 aromatic carbocycles. The van der Waals surface area contributed by atoms with Gasteiger partial charge in [-0.25, -0.2) is 0 Å². The smallest absolute Gasteiger partial charge is 0.133 e. The van der Waals surface area contributed by atoms with Crippen molar-refractivity contribution >= 4 is 24.3 Å². The Morgan fingerprint density at radius 1 is 0.842 bits per heavy atom. The molecule has 1 aliphatic carbocycles. The quantitative estimate of drug-likeness (QED) is 0.781. The van der Waals surface area contributed by atoms with E-state index in [9.17, 15) is 4.79 Å². The first-order chi connectivity index (χ1) is 9.34. The number of ketones is 1. The third-order valence-corrected chi connectivity index (χ3v) is 6.53. The van der Waals surface area contributed by atoms with E-state index in [1.165, 1.54) is 10.6 Å². The number of Topliss-reactive ketones (excluding diaryl/α,β-unsaturated/α-hetero) is 1. The van der Waals surface area contributed by atoms with Gasteiger partial charge in [0, 0.05) is 12.8 Å². The van der Waals surface area contributed by atoms with Crippen molar-refractivity contribution in [3.63, 3.8) is 0 Å². The van der Waals surface area contributed by atoms with E-state index in [4.69, 9.17) is 0 Å². The summed E-state index contributed by atoms with van der Waals surface area (Å²) in [6, 6.07) is 21.4. The van der Waals surface area contributed by atoms with Crippen molar-refractivity contribution in [1.82, 2.24) is 0 Å². The Balaban J connectivity index is 1.99. The summed E-state index contributed by atoms with van der Waals surface area (Å²) in [4.78, 5) is 11.6. The zero-order valence-corrected chi connectivity index (χ0v) is 11.7. The van der Waals surface area contributed by atoms with E-state index in [0.717, 1.165) is 19.3 Å². The molecule has 1 nitrogen and oxygen atoms in total. The van der Waals surface area contributed by atoms with Gasteiger partial charge >= 0.3 is 0 Å². The SMILES string of the molecule is O=C1CCC(P(c2ccccc2)c2ccccc2)C1. The van der Waals surface area contributed by atoms with Crippen LogP contribution in [0.4, 0.5) is 0 Å². The Hall–Kier alpha value is -1.46. The van der Waals surface area contributed by atoms with Crippen LogP contribution in [0.1, 0.15) is 19.3 Å². The molecule has 2 heteroatoms. The lowest BCUT2D eigenvalue weighted by Crippen LogP contribution is -2.20. The lowest BCUT2D eigenvalue weighted by molar-refractivity contribution is -0.117. The molecule has 0 bridgehead atoms. The molecular formula is C17H17OP. The molecule has 1 aliphatic rings. The zero-order chi connectivity index (χ0) is 13.1. The van der Waals surface area contributed by atoms with Gasteiger partial charge in [0.1, 0.15) is 5.78 Å². The molecule has 0 N–H and O–H groups in total. The molecule has 0 radical (unpaired) electrons. The number of rotatable bonds is 3. The Morgan fingerprint density at radius 2 is 1.37 bits per heavy atom. The largest absolute Gasteiger partial charge is 0.300 e. The van der Waals surface area contributed by atoms with E-state index >= 15 is 0 Å². The van der Waals surface area contributed by atoms with Crippen LogP contribution in [0.3, 0.4) is 0 Å². The first kappa shape index (κ1) is 12.6. The fourth-order valence-corrected chi connectivity index (χ4v) is 5.66. The van der Waals surface area contributed by atoms with Gasteiger partial charge in [-0.3, -0.25) is 4.79 Å². The van der Waals surface area contributed by atoms with Crippen molar-refractivity contribution in [3.05, 3.63) is 60.7 Å². The molecular weight excluding hydrogens is 251 g/mol. The number of benzene rings is 2. The Bertz CT molecular complexity index is 510. The Morgan fingerprint density at radius 3 is 1.79 bits per heavy atom. The highest BCUT2D eigenvalue weighted by Gasteiger charge is 2.31. The van der Waals surface area contributed by atoms with Crippen molar-refractivity contribution in [2.45, 2.75) is 24.9 Å². The van der Waals surface area contributed by atoms with Crippen LogP contribution < -0.4 is 10.6 Å². The van der Waals surface area contributed by atoms with Gasteiger partial charge in [-0.1, -0.05) is 60.7 Å². The summed E-state index contributed by atoms with van der Waals surface area (Å²) >= 11 is 0. The molecule has 19 heavy (non-hydrogen) atoms. The molecule has 3 rings (SSSR count). The van der Waals surface area contributed by atoms with Gasteiger partial charge in [-0.05, 0) is 30.6 Å². The highest BCUT2D eigenvalue weighted by molar-refractivity contribution is 7.73. The average molecular weight is 268 g/mol. The summed E-state index contributed by atoms with van der Waals surface area (Å²) in [5, 5.41) is 2.78. The van der Waals surface area contributed by atoms with E-state index < -0.39 is 7.92 Å². The summed E-state index contributed by atoms with van der Waals surface area (Å²) in [6.07, 6.45) is 2.58. The molecule has 0 heterocycles. The second-order valence-corrected chi connectivity index (χ2v) is 7.48. The highest BCUT2D eigenvalue weighted by atomic mass is 31.1. The highest BCUT2D eigenvalue weighted by Crippen LogP contribution is 2.46. The standard InChI is InChI=1S/C17H17OP/c18-14-11-12-17(13-14)19(15-7-3-1-4-8-15)16-9-5-2-6-10-16/h1-10,17H,11-13H2. The van der Waals surface area contributed by atoms with Gasteiger partial charge < -0.3 is 0 Å². The van der Waals surface area contributed by atoms with Crippen LogP contribution in [0, 0.1) is 0 Å². The molecule has 1 atom stereocenters. The van der Waals surface area contributed by atoms with Gasteiger partial charge in [0.2, 0.25) is 0 Å². The molecule has 2 aromatic rings. The zero-order valence-electron chi connectivity index (χ0n) is 10.8. The van der Waals surface area contributed by atoms with Crippen molar-refractivity contribution in [1.29, 1.82) is 0 Å². The Kier molecular flexibility index (Phi) is 3.75. The number of hydrogen-bond donors (Lipinski definition) is 0. The summed E-state index contributed by atoms with van der Waals surface area (Å²) in [6.45, 7) is 0. The molecule has 1 saturated carbocycles. The number of carbonyl (C=O) groups excluding carboxylic acids is 1. The van der Waals surface area contributed by atoms with Crippen LogP contribution in [0.15, 0.2) is 60.7 Å². The third-order valence-electron chi connectivity index (χ3n) is 3.65. The van der Waals surface area contributed by atoms with Gasteiger partial charge in [0.15, 0.2) is 0 Å². The van der Waals surface area contributed by atoms with E-state index in [1.807, 2.05) is 0 Å². The minimum Gasteiger partial charge on any atom is -0.300 e. The van der Waals surface area contributed by atoms with E-state index in [0.29, 0.717) is 11.4 Å². The molecule has 96 valence electrons. The van der Waals surface area contributed by atoms with E-state index in [2.05, 4.69) is 60.7 Å². The third kappa shape index (κ3) is 2.77. The molecule has 0 spiro atoms. The molecule has 0 amide bonds. The predicted octanol–water partition coefficient (Wildman–Crippen LogP) is 3.24. The maximum absolute atomic E-state index is 11.6. The van der Waals surface area contributed by atoms with Gasteiger partial charge in [0.25, 0.3) is 0 Å². The van der Waals surface area contributed by atoms with Crippen LogP contribution >= 0.6 is 7.92 Å². The predicted molar refractivity (Wildman–Crippen MR) is 81.7 cm³/mol. The lowest BCUT2D eigenvalue weighted by atomic mass is 10.3. The van der Waals surface area contributed by atoms with Gasteiger partial charge in [0.05, 0.1) is 0 Å². The fraction of sp³-hybridized carbons (Fsp3) is 0.235. The van der Waals surface area contributed by atoms with Crippen LogP contribution in [0.25, 0.3) is 0 Å². The molecule has 0 aromatic heterocycles. The maximum atomic E-state index is 11.6. The fourth-order valence-electron chi connectivity index (χ4n) is 2.76. The normalized spacial score (nSPS) is 19.0. The maximum Gasteiger partial charge on any atom is 0.133 e. The number of carbonyl (C=O) groups is 1. The molecule has 0 saturated heterocycles. The first-order valence-electron chi connectivity index (χ1n) is 6.75. The van der Waals surface area contributed by atoms with E-state index in [1.54, 1.807) is 0 Å². The summed E-state index contributed by atoms with van der Waals surface area (Å²) < 4.78 is 0. The molecule has 0 aliphatic heterocycles. The Labute approximate surface area is 115 Å². The minimum atomic E-state index is -0.399. The van der Waals surface area contributed by atoms with Crippen LogP contribution in [-0.2, 0) is 4.79 Å². The van der Waals surface area contributed by atoms with Gasteiger partial charge in [-0.15, -0.1) is 0 Å². The monoisotopic (exact) mass is 268 g/mol. The number of hydrogen-bond acceptors (Lipinski definition) is 1. The average Bonchev–Trinajstić information content (AvgIpc) is 2.88. The second-order valence-electron chi connectivity index (χ2n) is 4.98. The first-order valence-corrected chi connectivity index (χ1v) is 8.17. The van der Waals surface area contributed by atoms with Crippen molar-refractivity contribution in [3.8, 4) is 0 Å². The topological polar surface area (TPSA) is 17.1 Å². The molecule has 1 unspecified atom stereocenters. The van der Waals surface area contributed by atoms with Crippen molar-refractivity contribution in [2.24, 2.45) is 0 Å². The van der Waals surface area contributed by atoms with E-state index in [-0.39, 0.29) is 0 Å². The lowest BCUT2D eigenvalue weighted by Gasteiger charge is -2.24. The summed E-state index contributed by atoms with van der Waals surface area (Å²) in [5.41, 5.74) is 0.521. The van der Waals surface area contributed by atoms with Crippen LogP contribution in [-0.4, -0.2) is 11.4 Å². The molecule has 1 fully saturated rings.